The van der Waals surface area contributed by atoms with Crippen LogP contribution in [0.15, 0.2) is 52.3 Å². The normalized spacial score (nSPS) is 15.1. The van der Waals surface area contributed by atoms with Crippen molar-refractivity contribution in [3.63, 3.8) is 0 Å². The number of sulfonamides is 1. The molecule has 0 aromatic heterocycles. The summed E-state index contributed by atoms with van der Waals surface area (Å²) in [6.07, 6.45) is 3.54. The van der Waals surface area contributed by atoms with Crippen molar-refractivity contribution < 1.29 is 17.6 Å². The average molecular weight is 451 g/mol. The molecule has 1 amide bonds. The maximum absolute atomic E-state index is 12.9. The molecule has 2 aromatic rings. The molecule has 0 aliphatic carbocycles. The van der Waals surface area contributed by atoms with Crippen LogP contribution in [0, 0.1) is 12.7 Å². The van der Waals surface area contributed by atoms with Gasteiger partial charge in [-0.25, -0.2) is 12.8 Å². The molecule has 1 aliphatic heterocycles. The van der Waals surface area contributed by atoms with Gasteiger partial charge in [0.05, 0.1) is 4.90 Å². The number of nitrogens with one attached hydrogen (secondary N) is 1. The topological polar surface area (TPSA) is 66.5 Å². The Kier molecular flexibility index (Phi) is 7.91. The van der Waals surface area contributed by atoms with Crippen molar-refractivity contribution in [2.45, 2.75) is 42.4 Å². The van der Waals surface area contributed by atoms with Crippen molar-refractivity contribution in [3.8, 4) is 0 Å². The fraction of sp³-hybridized carbons (Fsp3) is 0.409. The number of hydrogen-bond acceptors (Lipinski definition) is 4. The van der Waals surface area contributed by atoms with Gasteiger partial charge in [-0.2, -0.15) is 4.31 Å². The molecule has 0 radical (unpaired) electrons. The molecule has 162 valence electrons. The first-order valence-electron chi connectivity index (χ1n) is 10.2. The minimum Gasteiger partial charge on any atom is -0.352 e. The number of hydrogen-bond donors (Lipinski definition) is 1. The summed E-state index contributed by atoms with van der Waals surface area (Å²) in [4.78, 5) is 13.8. The van der Waals surface area contributed by atoms with E-state index in [9.17, 15) is 17.6 Å². The quantitative estimate of drug-likeness (QED) is 0.483. The fourth-order valence-corrected chi connectivity index (χ4v) is 5.75. The molecule has 8 heteroatoms. The van der Waals surface area contributed by atoms with Crippen molar-refractivity contribution in [2.75, 3.05) is 25.4 Å². The van der Waals surface area contributed by atoms with Crippen molar-refractivity contribution >= 4 is 27.7 Å². The maximum Gasteiger partial charge on any atom is 0.251 e. The van der Waals surface area contributed by atoms with Gasteiger partial charge in [-0.1, -0.05) is 12.5 Å². The highest BCUT2D eigenvalue weighted by Crippen LogP contribution is 2.23. The van der Waals surface area contributed by atoms with E-state index in [0.717, 1.165) is 41.9 Å². The average Bonchev–Trinajstić information content (AvgIpc) is 2.75. The van der Waals surface area contributed by atoms with E-state index in [1.807, 2.05) is 0 Å². The Labute approximate surface area is 182 Å². The highest BCUT2D eigenvalue weighted by atomic mass is 32.2. The van der Waals surface area contributed by atoms with E-state index in [0.29, 0.717) is 25.2 Å². The lowest BCUT2D eigenvalue weighted by Crippen LogP contribution is -2.35. The lowest BCUT2D eigenvalue weighted by atomic mass is 10.1. The van der Waals surface area contributed by atoms with Crippen LogP contribution in [0.4, 0.5) is 4.39 Å². The number of halogens is 1. The number of benzene rings is 2. The van der Waals surface area contributed by atoms with E-state index < -0.39 is 10.0 Å². The monoisotopic (exact) mass is 450 g/mol. The minimum absolute atomic E-state index is 0.173. The molecule has 0 saturated carbocycles. The van der Waals surface area contributed by atoms with E-state index in [1.54, 1.807) is 43.0 Å². The van der Waals surface area contributed by atoms with Crippen LogP contribution in [0.3, 0.4) is 0 Å². The van der Waals surface area contributed by atoms with Crippen LogP contribution >= 0.6 is 11.8 Å². The fourth-order valence-electron chi connectivity index (χ4n) is 3.35. The predicted octanol–water partition coefficient (Wildman–Crippen LogP) is 4.22. The summed E-state index contributed by atoms with van der Waals surface area (Å²) in [6, 6.07) is 11.1. The van der Waals surface area contributed by atoms with Crippen LogP contribution in [-0.2, 0) is 10.0 Å². The second kappa shape index (κ2) is 10.4. The molecule has 5 nitrogen and oxygen atoms in total. The molecule has 0 unspecified atom stereocenters. The molecule has 0 spiro atoms. The third-order valence-corrected chi connectivity index (χ3v) is 8.09. The van der Waals surface area contributed by atoms with E-state index in [4.69, 9.17) is 0 Å². The largest absolute Gasteiger partial charge is 0.352 e. The van der Waals surface area contributed by atoms with Crippen LogP contribution in [-0.4, -0.2) is 44.0 Å². The van der Waals surface area contributed by atoms with E-state index in [-0.39, 0.29) is 16.6 Å². The summed E-state index contributed by atoms with van der Waals surface area (Å²) in [5.74, 6) is 0.260. The molecule has 0 bridgehead atoms. The Bertz CT molecular complexity index is 972. The van der Waals surface area contributed by atoms with Crippen LogP contribution in [0.5, 0.6) is 0 Å². The van der Waals surface area contributed by atoms with Crippen LogP contribution in [0.25, 0.3) is 0 Å². The third-order valence-electron chi connectivity index (χ3n) is 5.10. The summed E-state index contributed by atoms with van der Waals surface area (Å²) < 4.78 is 40.2. The molecule has 3 rings (SSSR count). The summed E-state index contributed by atoms with van der Waals surface area (Å²) in [5, 5.41) is 2.87. The Morgan fingerprint density at radius 1 is 1.10 bits per heavy atom. The van der Waals surface area contributed by atoms with Crippen molar-refractivity contribution in [3.05, 3.63) is 59.4 Å². The van der Waals surface area contributed by atoms with E-state index in [2.05, 4.69) is 5.32 Å². The SMILES string of the molecule is Cc1ccc(S(=O)(=O)N2CCCCC2)cc1C(=O)NCCCSc1ccc(F)cc1. The second-order valence-corrected chi connectivity index (χ2v) is 10.5. The number of carbonyl (C=O) groups excluding carboxylic acids is 1. The predicted molar refractivity (Wildman–Crippen MR) is 118 cm³/mol. The van der Waals surface area contributed by atoms with Gasteiger partial charge in [-0.3, -0.25) is 4.79 Å². The summed E-state index contributed by atoms with van der Waals surface area (Å²) in [7, 11) is -3.57. The smallest absolute Gasteiger partial charge is 0.251 e. The van der Waals surface area contributed by atoms with Crippen LogP contribution in [0.2, 0.25) is 0 Å². The van der Waals surface area contributed by atoms with Gasteiger partial charge >= 0.3 is 0 Å². The zero-order valence-electron chi connectivity index (χ0n) is 17.1. The Morgan fingerprint density at radius 2 is 1.80 bits per heavy atom. The van der Waals surface area contributed by atoms with Gasteiger partial charge in [-0.15, -0.1) is 11.8 Å². The first-order chi connectivity index (χ1) is 14.4. The van der Waals surface area contributed by atoms with E-state index in [1.165, 1.54) is 22.5 Å². The van der Waals surface area contributed by atoms with Gasteiger partial charge in [0.15, 0.2) is 0 Å². The van der Waals surface area contributed by atoms with Gasteiger partial charge in [-0.05, 0) is 73.9 Å². The van der Waals surface area contributed by atoms with Gasteiger partial charge in [0, 0.05) is 30.1 Å². The Balaban J connectivity index is 1.56. The second-order valence-electron chi connectivity index (χ2n) is 7.35. The van der Waals surface area contributed by atoms with Crippen LogP contribution in [0.1, 0.15) is 41.6 Å². The maximum atomic E-state index is 12.9. The molecule has 1 aliphatic rings. The molecule has 1 saturated heterocycles. The van der Waals surface area contributed by atoms with Crippen molar-refractivity contribution in [2.24, 2.45) is 0 Å². The van der Waals surface area contributed by atoms with Gasteiger partial charge < -0.3 is 5.32 Å². The number of aryl methyl sites for hydroxylation is 1. The molecule has 2 aromatic carbocycles. The van der Waals surface area contributed by atoms with Crippen LogP contribution < -0.4 is 5.32 Å². The number of amides is 1. The first-order valence-corrected chi connectivity index (χ1v) is 12.6. The van der Waals surface area contributed by atoms with Crippen molar-refractivity contribution in [1.29, 1.82) is 0 Å². The molecule has 0 atom stereocenters. The highest BCUT2D eigenvalue weighted by Gasteiger charge is 2.27. The standard InChI is InChI=1S/C22H27FN2O3S2/c1-17-6-11-20(30(27,28)25-13-3-2-4-14-25)16-21(17)22(26)24-12-5-15-29-19-9-7-18(23)8-10-19/h6-11,16H,2-5,12-15H2,1H3,(H,24,26). The molecular formula is C22H27FN2O3S2. The molecular weight excluding hydrogens is 423 g/mol. The Morgan fingerprint density at radius 3 is 2.50 bits per heavy atom. The molecule has 1 heterocycles. The molecule has 1 N–H and O–H groups in total. The van der Waals surface area contributed by atoms with Gasteiger partial charge in [0.1, 0.15) is 5.82 Å². The Hall–Kier alpha value is -1.90. The van der Waals surface area contributed by atoms with Gasteiger partial charge in [0.25, 0.3) is 5.91 Å². The lowest BCUT2D eigenvalue weighted by Gasteiger charge is -2.26. The minimum atomic E-state index is -3.57. The zero-order valence-corrected chi connectivity index (χ0v) is 18.7. The summed E-state index contributed by atoms with van der Waals surface area (Å²) >= 11 is 1.60. The number of piperidine rings is 1. The summed E-state index contributed by atoms with van der Waals surface area (Å²) in [5.41, 5.74) is 1.13. The third kappa shape index (κ3) is 5.83. The highest BCUT2D eigenvalue weighted by molar-refractivity contribution is 7.99. The number of rotatable bonds is 8. The summed E-state index contributed by atoms with van der Waals surface area (Å²) in [6.45, 7) is 3.35. The van der Waals surface area contributed by atoms with Gasteiger partial charge in [0.2, 0.25) is 10.0 Å². The lowest BCUT2D eigenvalue weighted by molar-refractivity contribution is 0.0953. The number of thioether (sulfide) groups is 1. The van der Waals surface area contributed by atoms with Crippen molar-refractivity contribution in [1.82, 2.24) is 9.62 Å². The first kappa shape index (κ1) is 22.8. The molecule has 30 heavy (non-hydrogen) atoms. The van der Waals surface area contributed by atoms with E-state index >= 15 is 0 Å². The molecule has 1 fully saturated rings. The number of carbonyl (C=O) groups is 1. The zero-order chi connectivity index (χ0) is 21.6. The number of nitrogens with zero attached hydrogens (tertiary/aromatic N) is 1.